The molecule has 3 atom stereocenters. The molecule has 0 bridgehead atoms. The quantitative estimate of drug-likeness (QED) is 0.513. The van der Waals surface area contributed by atoms with E-state index >= 15 is 0 Å². The van der Waals surface area contributed by atoms with Gasteiger partial charge < -0.3 is 15.6 Å². The molecular formula is C25H32F3N3O5S. The standard InChI is InChI=1S/C23H31N3O3S.C2HF3O2/c1-17-6-5-11-26(15-17)30(27,28)25-14-19-9-10-23-21(13-19)20(22(24)16-29-23)12-18-7-3-2-4-8-18;3-2(4,5)1(6)7/h2-4,7-10,13,17,20,22,25H,5-6,11-12,14-16,24H2,1H3;(H,6,7). The summed E-state index contributed by atoms with van der Waals surface area (Å²) in [5, 5.41) is 7.12. The van der Waals surface area contributed by atoms with E-state index < -0.39 is 22.4 Å². The number of carboxylic acid groups (broad SMARTS) is 1. The Labute approximate surface area is 214 Å². The molecule has 0 saturated carbocycles. The molecule has 12 heteroatoms. The molecule has 4 N–H and O–H groups in total. The van der Waals surface area contributed by atoms with Gasteiger partial charge in [-0.2, -0.15) is 30.6 Å². The number of ether oxygens (including phenoxy) is 1. The number of carboxylic acids is 1. The van der Waals surface area contributed by atoms with E-state index in [0.29, 0.717) is 25.6 Å². The average Bonchev–Trinajstić information content (AvgIpc) is 2.85. The van der Waals surface area contributed by atoms with Gasteiger partial charge in [0.1, 0.15) is 12.4 Å². The SMILES string of the molecule is CC1CCCN(S(=O)(=O)NCc2ccc3c(c2)C(Cc2ccccc2)C(N)CO3)C1.O=C(O)C(F)(F)F. The van der Waals surface area contributed by atoms with Crippen LogP contribution in [0, 0.1) is 5.92 Å². The molecule has 1 saturated heterocycles. The smallest absolute Gasteiger partial charge is 0.490 e. The van der Waals surface area contributed by atoms with E-state index in [9.17, 15) is 21.6 Å². The van der Waals surface area contributed by atoms with Gasteiger partial charge in [0.2, 0.25) is 0 Å². The zero-order valence-corrected chi connectivity index (χ0v) is 21.3. The van der Waals surface area contributed by atoms with Gasteiger partial charge >= 0.3 is 12.1 Å². The number of halogens is 3. The molecule has 2 aliphatic rings. The van der Waals surface area contributed by atoms with Crippen molar-refractivity contribution in [2.45, 2.75) is 50.9 Å². The number of fused-ring (bicyclic) bond motifs is 1. The molecular weight excluding hydrogens is 511 g/mol. The van der Waals surface area contributed by atoms with Gasteiger partial charge in [0.15, 0.2) is 0 Å². The number of aliphatic carboxylic acids is 1. The zero-order chi connectivity index (χ0) is 27.2. The summed E-state index contributed by atoms with van der Waals surface area (Å²) in [5.41, 5.74) is 9.61. The highest BCUT2D eigenvalue weighted by Crippen LogP contribution is 2.36. The molecule has 4 rings (SSSR count). The first kappa shape index (κ1) is 28.9. The van der Waals surface area contributed by atoms with Crippen LogP contribution >= 0.6 is 0 Å². The molecule has 0 aliphatic carbocycles. The Morgan fingerprint density at radius 3 is 2.49 bits per heavy atom. The molecule has 2 heterocycles. The Morgan fingerprint density at radius 1 is 1.19 bits per heavy atom. The fourth-order valence-corrected chi connectivity index (χ4v) is 5.77. The molecule has 0 amide bonds. The minimum atomic E-state index is -5.08. The number of benzene rings is 2. The molecule has 0 spiro atoms. The summed E-state index contributed by atoms with van der Waals surface area (Å²) < 4.78 is 67.4. The van der Waals surface area contributed by atoms with Crippen molar-refractivity contribution >= 4 is 16.2 Å². The third-order valence-corrected chi connectivity index (χ3v) is 7.90. The highest BCUT2D eigenvalue weighted by atomic mass is 32.2. The van der Waals surface area contributed by atoms with Crippen molar-refractivity contribution in [2.75, 3.05) is 19.7 Å². The van der Waals surface area contributed by atoms with E-state index in [0.717, 1.165) is 36.1 Å². The summed E-state index contributed by atoms with van der Waals surface area (Å²) in [4.78, 5) is 8.90. The van der Waals surface area contributed by atoms with Gasteiger partial charge in [-0.25, -0.2) is 4.79 Å². The lowest BCUT2D eigenvalue weighted by molar-refractivity contribution is -0.192. The largest absolute Gasteiger partial charge is 0.492 e. The first-order valence-electron chi connectivity index (χ1n) is 12.0. The van der Waals surface area contributed by atoms with Crippen molar-refractivity contribution in [3.05, 3.63) is 65.2 Å². The van der Waals surface area contributed by atoms with Crippen LogP contribution in [0.5, 0.6) is 5.75 Å². The van der Waals surface area contributed by atoms with Crippen LogP contribution in [-0.2, 0) is 28.0 Å². The van der Waals surface area contributed by atoms with E-state index in [2.05, 4.69) is 23.8 Å². The van der Waals surface area contributed by atoms with Gasteiger partial charge in [-0.05, 0) is 47.9 Å². The van der Waals surface area contributed by atoms with Crippen LogP contribution in [0.25, 0.3) is 0 Å². The van der Waals surface area contributed by atoms with Crippen molar-refractivity contribution in [3.8, 4) is 5.75 Å². The first-order valence-corrected chi connectivity index (χ1v) is 13.4. The van der Waals surface area contributed by atoms with Gasteiger partial charge in [-0.3, -0.25) is 0 Å². The Balaban J connectivity index is 0.000000479. The minimum absolute atomic E-state index is 0.0977. The number of hydrogen-bond acceptors (Lipinski definition) is 5. The number of hydrogen-bond donors (Lipinski definition) is 3. The van der Waals surface area contributed by atoms with Gasteiger partial charge in [0.05, 0.1) is 0 Å². The summed E-state index contributed by atoms with van der Waals surface area (Å²) in [6.45, 7) is 4.02. The third-order valence-electron chi connectivity index (χ3n) is 6.38. The Morgan fingerprint density at radius 2 is 1.86 bits per heavy atom. The molecule has 8 nitrogen and oxygen atoms in total. The summed E-state index contributed by atoms with van der Waals surface area (Å²) in [5.74, 6) is -1.38. The number of nitrogens with two attached hydrogens (primary N) is 1. The third kappa shape index (κ3) is 8.16. The van der Waals surface area contributed by atoms with Crippen LogP contribution in [-0.4, -0.2) is 55.7 Å². The normalized spacial score (nSPS) is 22.2. The second kappa shape index (κ2) is 12.2. The molecule has 204 valence electrons. The van der Waals surface area contributed by atoms with Crippen LogP contribution in [0.1, 0.15) is 42.4 Å². The molecule has 2 aromatic carbocycles. The lowest BCUT2D eigenvalue weighted by atomic mass is 9.84. The first-order chi connectivity index (χ1) is 17.4. The Kier molecular flexibility index (Phi) is 9.57. The fraction of sp³-hybridized carbons (Fsp3) is 0.480. The van der Waals surface area contributed by atoms with Crippen molar-refractivity contribution in [1.29, 1.82) is 0 Å². The van der Waals surface area contributed by atoms with Gasteiger partial charge in [-0.1, -0.05) is 49.4 Å². The number of rotatable bonds is 6. The topological polar surface area (TPSA) is 122 Å². The average molecular weight is 544 g/mol. The molecule has 37 heavy (non-hydrogen) atoms. The Bertz CT molecular complexity index is 1160. The molecule has 1 fully saturated rings. The highest BCUT2D eigenvalue weighted by molar-refractivity contribution is 7.87. The van der Waals surface area contributed by atoms with Crippen LogP contribution in [0.3, 0.4) is 0 Å². The van der Waals surface area contributed by atoms with Crippen LogP contribution < -0.4 is 15.2 Å². The van der Waals surface area contributed by atoms with Crippen LogP contribution in [0.15, 0.2) is 48.5 Å². The summed E-state index contributed by atoms with van der Waals surface area (Å²) >= 11 is 0. The maximum atomic E-state index is 12.7. The molecule has 2 aliphatic heterocycles. The highest BCUT2D eigenvalue weighted by Gasteiger charge is 2.38. The predicted octanol–water partition coefficient (Wildman–Crippen LogP) is 3.43. The summed E-state index contributed by atoms with van der Waals surface area (Å²) in [6, 6.07) is 16.1. The lowest BCUT2D eigenvalue weighted by Crippen LogP contribution is -2.45. The van der Waals surface area contributed by atoms with Crippen LogP contribution in [0.2, 0.25) is 0 Å². The fourth-order valence-electron chi connectivity index (χ4n) is 4.42. The summed E-state index contributed by atoms with van der Waals surface area (Å²) in [7, 11) is -3.48. The molecule has 0 aromatic heterocycles. The van der Waals surface area contributed by atoms with E-state index in [1.807, 2.05) is 36.4 Å². The predicted molar refractivity (Wildman–Crippen MR) is 132 cm³/mol. The molecule has 2 aromatic rings. The number of piperidine rings is 1. The number of nitrogens with one attached hydrogen (secondary N) is 1. The lowest BCUT2D eigenvalue weighted by Gasteiger charge is -2.32. The van der Waals surface area contributed by atoms with Crippen molar-refractivity contribution < 1.29 is 36.2 Å². The number of carbonyl (C=O) groups is 1. The minimum Gasteiger partial charge on any atom is -0.492 e. The second-order valence-corrected chi connectivity index (χ2v) is 11.1. The van der Waals surface area contributed by atoms with Crippen molar-refractivity contribution in [3.63, 3.8) is 0 Å². The zero-order valence-electron chi connectivity index (χ0n) is 20.4. The molecule has 3 unspecified atom stereocenters. The van der Waals surface area contributed by atoms with Gasteiger partial charge in [-0.15, -0.1) is 0 Å². The monoisotopic (exact) mass is 543 g/mol. The maximum absolute atomic E-state index is 12.7. The molecule has 0 radical (unpaired) electrons. The van der Waals surface area contributed by atoms with E-state index in [-0.39, 0.29) is 18.5 Å². The van der Waals surface area contributed by atoms with Crippen LogP contribution in [0.4, 0.5) is 13.2 Å². The maximum Gasteiger partial charge on any atom is 0.490 e. The van der Waals surface area contributed by atoms with Crippen molar-refractivity contribution in [2.24, 2.45) is 11.7 Å². The van der Waals surface area contributed by atoms with Gasteiger partial charge in [0, 0.05) is 31.6 Å². The van der Waals surface area contributed by atoms with E-state index in [1.54, 1.807) is 4.31 Å². The number of nitrogens with zero attached hydrogens (tertiary/aromatic N) is 1. The Hall–Kier alpha value is -2.67. The van der Waals surface area contributed by atoms with Gasteiger partial charge in [0.25, 0.3) is 10.2 Å². The van der Waals surface area contributed by atoms with E-state index in [4.69, 9.17) is 20.4 Å². The van der Waals surface area contributed by atoms with Crippen molar-refractivity contribution in [1.82, 2.24) is 9.03 Å². The number of alkyl halides is 3. The summed E-state index contributed by atoms with van der Waals surface area (Å²) in [6.07, 6.45) is -2.25. The van der Waals surface area contributed by atoms with E-state index in [1.165, 1.54) is 5.56 Å². The second-order valence-electron chi connectivity index (χ2n) is 9.38.